The van der Waals surface area contributed by atoms with E-state index in [0.717, 1.165) is 6.42 Å². The van der Waals surface area contributed by atoms with Gasteiger partial charge in [0, 0.05) is 17.8 Å². The fraction of sp³-hybridized carbons (Fsp3) is 0.538. The van der Waals surface area contributed by atoms with Crippen molar-refractivity contribution < 1.29 is 0 Å². The molecule has 0 amide bonds. The molecule has 2 heteroatoms. The monoisotopic (exact) mass is 223 g/mol. The van der Waals surface area contributed by atoms with Crippen LogP contribution in [-0.4, -0.2) is 24.1 Å². The minimum atomic E-state index is 0.551. The first-order valence-electron chi connectivity index (χ1n) is 5.51. The maximum absolute atomic E-state index is 3.61. The Morgan fingerprint density at radius 1 is 1.13 bits per heavy atom. The molecule has 84 valence electrons. The number of hydrogen-bond donors (Lipinski definition) is 1. The summed E-state index contributed by atoms with van der Waals surface area (Å²) < 4.78 is 0. The zero-order chi connectivity index (χ0) is 11.1. The molecular weight excluding hydrogens is 202 g/mol. The van der Waals surface area contributed by atoms with E-state index in [1.54, 1.807) is 0 Å². The summed E-state index contributed by atoms with van der Waals surface area (Å²) in [5, 5.41) is 3.61. The van der Waals surface area contributed by atoms with Gasteiger partial charge in [0.1, 0.15) is 0 Å². The molecule has 15 heavy (non-hydrogen) atoms. The van der Waals surface area contributed by atoms with Gasteiger partial charge in [-0.05, 0) is 32.1 Å². The van der Waals surface area contributed by atoms with Crippen molar-refractivity contribution in [2.45, 2.75) is 32.4 Å². The molecule has 0 saturated heterocycles. The van der Waals surface area contributed by atoms with Crippen molar-refractivity contribution in [3.63, 3.8) is 0 Å². The smallest absolute Gasteiger partial charge is 0.0132 e. The van der Waals surface area contributed by atoms with Crippen LogP contribution >= 0.6 is 11.8 Å². The van der Waals surface area contributed by atoms with Gasteiger partial charge >= 0.3 is 0 Å². The molecule has 1 N–H and O–H groups in total. The van der Waals surface area contributed by atoms with E-state index < -0.39 is 0 Å². The summed E-state index contributed by atoms with van der Waals surface area (Å²) in [6, 6.07) is 11.8. The normalized spacial score (nSPS) is 14.9. The van der Waals surface area contributed by atoms with E-state index in [1.165, 1.54) is 11.3 Å². The molecule has 1 aromatic carbocycles. The topological polar surface area (TPSA) is 12.0 Å². The molecule has 0 fully saturated rings. The average Bonchev–Trinajstić information content (AvgIpc) is 2.19. The van der Waals surface area contributed by atoms with E-state index in [1.807, 2.05) is 11.8 Å². The maximum Gasteiger partial charge on any atom is 0.0132 e. The summed E-state index contributed by atoms with van der Waals surface area (Å²) in [5.41, 5.74) is 1.41. The molecule has 0 aromatic heterocycles. The Hall–Kier alpha value is -0.470. The Labute approximate surface area is 97.7 Å². The predicted molar refractivity (Wildman–Crippen MR) is 70.6 cm³/mol. The van der Waals surface area contributed by atoms with E-state index >= 15 is 0 Å². The molecule has 0 aliphatic carbocycles. The third kappa shape index (κ3) is 5.24. The number of nitrogens with one attached hydrogen (secondary N) is 1. The molecular formula is C13H21NS. The molecule has 0 spiro atoms. The number of benzene rings is 1. The van der Waals surface area contributed by atoms with Crippen LogP contribution < -0.4 is 5.32 Å². The lowest BCUT2D eigenvalue weighted by molar-refractivity contribution is 0.492. The van der Waals surface area contributed by atoms with Gasteiger partial charge in [-0.15, -0.1) is 0 Å². The summed E-state index contributed by atoms with van der Waals surface area (Å²) >= 11 is 1.90. The molecule has 0 saturated carbocycles. The minimum absolute atomic E-state index is 0.551. The fourth-order valence-electron chi connectivity index (χ4n) is 1.81. The van der Waals surface area contributed by atoms with Gasteiger partial charge in [-0.25, -0.2) is 0 Å². The largest absolute Gasteiger partial charge is 0.311 e. The summed E-state index contributed by atoms with van der Waals surface area (Å²) in [5.74, 6) is 1.18. The van der Waals surface area contributed by atoms with Crippen molar-refractivity contribution in [1.82, 2.24) is 5.32 Å². The molecule has 1 aromatic rings. The Morgan fingerprint density at radius 3 is 2.40 bits per heavy atom. The second-order valence-corrected chi connectivity index (χ2v) is 5.02. The SMILES string of the molecule is CSCC(C)NC(C)Cc1ccccc1. The number of rotatable bonds is 6. The molecule has 0 bridgehead atoms. The first kappa shape index (κ1) is 12.6. The Morgan fingerprint density at radius 2 is 1.80 bits per heavy atom. The molecule has 1 nitrogen and oxygen atoms in total. The van der Waals surface area contributed by atoms with Crippen molar-refractivity contribution in [2.75, 3.05) is 12.0 Å². The van der Waals surface area contributed by atoms with Gasteiger partial charge in [0.25, 0.3) is 0 Å². The van der Waals surface area contributed by atoms with Crippen LogP contribution in [0.15, 0.2) is 30.3 Å². The van der Waals surface area contributed by atoms with Crippen LogP contribution in [0.25, 0.3) is 0 Å². The highest BCUT2D eigenvalue weighted by Crippen LogP contribution is 2.04. The van der Waals surface area contributed by atoms with E-state index in [9.17, 15) is 0 Å². The highest BCUT2D eigenvalue weighted by molar-refractivity contribution is 7.98. The lowest BCUT2D eigenvalue weighted by atomic mass is 10.1. The minimum Gasteiger partial charge on any atom is -0.311 e. The summed E-state index contributed by atoms with van der Waals surface area (Å²) in [4.78, 5) is 0. The van der Waals surface area contributed by atoms with Gasteiger partial charge in [0.05, 0.1) is 0 Å². The second kappa shape index (κ2) is 6.91. The summed E-state index contributed by atoms with van der Waals surface area (Å²) in [7, 11) is 0. The summed E-state index contributed by atoms with van der Waals surface area (Å²) in [6.07, 6.45) is 3.26. The molecule has 2 unspecified atom stereocenters. The zero-order valence-corrected chi connectivity index (χ0v) is 10.7. The van der Waals surface area contributed by atoms with Gasteiger partial charge in [-0.1, -0.05) is 30.3 Å². The van der Waals surface area contributed by atoms with Crippen LogP contribution in [0, 0.1) is 0 Å². The van der Waals surface area contributed by atoms with Crippen molar-refractivity contribution in [3.8, 4) is 0 Å². The zero-order valence-electron chi connectivity index (χ0n) is 9.86. The van der Waals surface area contributed by atoms with E-state index in [4.69, 9.17) is 0 Å². The third-order valence-electron chi connectivity index (χ3n) is 2.37. The first-order valence-corrected chi connectivity index (χ1v) is 6.90. The van der Waals surface area contributed by atoms with Crippen LogP contribution in [0.2, 0.25) is 0 Å². The van der Waals surface area contributed by atoms with Crippen molar-refractivity contribution in [2.24, 2.45) is 0 Å². The fourth-order valence-corrected chi connectivity index (χ4v) is 2.41. The number of hydrogen-bond acceptors (Lipinski definition) is 2. The van der Waals surface area contributed by atoms with E-state index in [0.29, 0.717) is 12.1 Å². The van der Waals surface area contributed by atoms with Gasteiger partial charge in [0.2, 0.25) is 0 Å². The van der Waals surface area contributed by atoms with Crippen LogP contribution in [0.4, 0.5) is 0 Å². The Bertz CT molecular complexity index is 260. The molecule has 1 rings (SSSR count). The lowest BCUT2D eigenvalue weighted by Crippen LogP contribution is -2.37. The molecule has 0 radical (unpaired) electrons. The highest BCUT2D eigenvalue weighted by Gasteiger charge is 2.06. The Balaban J connectivity index is 2.33. The van der Waals surface area contributed by atoms with Crippen LogP contribution in [0.1, 0.15) is 19.4 Å². The third-order valence-corrected chi connectivity index (χ3v) is 3.20. The highest BCUT2D eigenvalue weighted by atomic mass is 32.2. The van der Waals surface area contributed by atoms with Crippen LogP contribution in [0.5, 0.6) is 0 Å². The number of thioether (sulfide) groups is 1. The average molecular weight is 223 g/mol. The van der Waals surface area contributed by atoms with Gasteiger partial charge in [0.15, 0.2) is 0 Å². The molecule has 0 heterocycles. The molecule has 0 aliphatic heterocycles. The van der Waals surface area contributed by atoms with Gasteiger partial charge in [-0.3, -0.25) is 0 Å². The van der Waals surface area contributed by atoms with Crippen molar-refractivity contribution in [1.29, 1.82) is 0 Å². The molecule has 0 aliphatic rings. The lowest BCUT2D eigenvalue weighted by Gasteiger charge is -2.19. The molecule has 2 atom stereocenters. The Kier molecular flexibility index (Phi) is 5.81. The maximum atomic E-state index is 3.61. The standard InChI is InChI=1S/C13H21NS/c1-11(14-12(2)10-15-3)9-13-7-5-4-6-8-13/h4-8,11-12,14H,9-10H2,1-3H3. The van der Waals surface area contributed by atoms with Gasteiger partial charge < -0.3 is 5.32 Å². The van der Waals surface area contributed by atoms with E-state index in [-0.39, 0.29) is 0 Å². The quantitative estimate of drug-likeness (QED) is 0.796. The predicted octanol–water partition coefficient (Wildman–Crippen LogP) is 2.96. The van der Waals surface area contributed by atoms with Crippen LogP contribution in [-0.2, 0) is 6.42 Å². The summed E-state index contributed by atoms with van der Waals surface area (Å²) in [6.45, 7) is 4.50. The second-order valence-electron chi connectivity index (χ2n) is 4.11. The van der Waals surface area contributed by atoms with Crippen LogP contribution in [0.3, 0.4) is 0 Å². The van der Waals surface area contributed by atoms with E-state index in [2.05, 4.69) is 55.8 Å². The van der Waals surface area contributed by atoms with Crippen molar-refractivity contribution >= 4 is 11.8 Å². The first-order chi connectivity index (χ1) is 7.22. The van der Waals surface area contributed by atoms with Crippen molar-refractivity contribution in [3.05, 3.63) is 35.9 Å². The van der Waals surface area contributed by atoms with Gasteiger partial charge in [-0.2, -0.15) is 11.8 Å².